The Morgan fingerprint density at radius 1 is 1.10 bits per heavy atom. The minimum atomic E-state index is -1.10. The van der Waals surface area contributed by atoms with Crippen LogP contribution in [0.15, 0.2) is 42.5 Å². The molecule has 1 unspecified atom stereocenters. The lowest BCUT2D eigenvalue weighted by Crippen LogP contribution is -2.57. The highest BCUT2D eigenvalue weighted by Gasteiger charge is 2.56. The summed E-state index contributed by atoms with van der Waals surface area (Å²) in [6, 6.07) is 14.3. The van der Waals surface area contributed by atoms with Gasteiger partial charge in [0.1, 0.15) is 5.54 Å². The zero-order valence-corrected chi connectivity index (χ0v) is 19.2. The van der Waals surface area contributed by atoms with Gasteiger partial charge in [-0.2, -0.15) is 0 Å². The summed E-state index contributed by atoms with van der Waals surface area (Å²) in [5.41, 5.74) is -0.839. The van der Waals surface area contributed by atoms with Gasteiger partial charge in [0.25, 0.3) is 5.91 Å². The van der Waals surface area contributed by atoms with Crippen molar-refractivity contribution in [3.63, 3.8) is 0 Å². The van der Waals surface area contributed by atoms with Gasteiger partial charge in [0, 0.05) is 17.9 Å². The van der Waals surface area contributed by atoms with Gasteiger partial charge < -0.3 is 4.90 Å². The number of carbonyl (C=O) groups excluding carboxylic acids is 3. The molecule has 2 atom stereocenters. The zero-order chi connectivity index (χ0) is 22.1. The summed E-state index contributed by atoms with van der Waals surface area (Å²) in [6.07, 6.45) is 2.40. The molecule has 1 saturated heterocycles. The molecule has 160 valence electrons. The van der Waals surface area contributed by atoms with Gasteiger partial charge >= 0.3 is 0 Å². The molecule has 5 heteroatoms. The molecular formula is C25H31NO3S. The number of ketones is 1. The second kappa shape index (κ2) is 8.54. The molecule has 0 bridgehead atoms. The molecule has 4 nitrogen and oxygen atoms in total. The van der Waals surface area contributed by atoms with E-state index in [2.05, 4.69) is 30.8 Å². The van der Waals surface area contributed by atoms with Gasteiger partial charge in [-0.3, -0.25) is 14.4 Å². The van der Waals surface area contributed by atoms with E-state index in [0.717, 1.165) is 16.3 Å². The first kappa shape index (κ1) is 22.5. The van der Waals surface area contributed by atoms with Crippen LogP contribution in [0.4, 0.5) is 0 Å². The number of amides is 1. The molecule has 0 N–H and O–H groups in total. The van der Waals surface area contributed by atoms with E-state index in [1.807, 2.05) is 38.1 Å². The number of benzene rings is 2. The van der Waals surface area contributed by atoms with Crippen molar-refractivity contribution in [1.29, 1.82) is 0 Å². The van der Waals surface area contributed by atoms with Crippen molar-refractivity contribution in [2.45, 2.75) is 64.8 Å². The number of thiol groups is 1. The van der Waals surface area contributed by atoms with Crippen molar-refractivity contribution in [2.24, 2.45) is 5.41 Å². The van der Waals surface area contributed by atoms with E-state index < -0.39 is 22.6 Å². The van der Waals surface area contributed by atoms with Crippen LogP contribution in [-0.4, -0.2) is 33.8 Å². The van der Waals surface area contributed by atoms with Crippen molar-refractivity contribution in [2.75, 3.05) is 6.54 Å². The van der Waals surface area contributed by atoms with Crippen LogP contribution in [-0.2, 0) is 14.4 Å². The summed E-state index contributed by atoms with van der Waals surface area (Å²) in [4.78, 5) is 40.9. The molecular weight excluding hydrogens is 394 g/mol. The first-order chi connectivity index (χ1) is 14.2. The number of likely N-dealkylation sites (tertiary alicyclic amines) is 1. The Balaban J connectivity index is 2.09. The maximum Gasteiger partial charge on any atom is 0.291 e. The summed E-state index contributed by atoms with van der Waals surface area (Å²) < 4.78 is 0. The minimum Gasteiger partial charge on any atom is -0.322 e. The van der Waals surface area contributed by atoms with E-state index in [-0.39, 0.29) is 11.0 Å². The monoisotopic (exact) mass is 425 g/mol. The normalized spacial score (nSPS) is 21.8. The molecule has 30 heavy (non-hydrogen) atoms. The van der Waals surface area contributed by atoms with Crippen LogP contribution in [0.5, 0.6) is 0 Å². The fraction of sp³-hybridized carbons (Fsp3) is 0.480. The van der Waals surface area contributed by atoms with Crippen LogP contribution in [0.25, 0.3) is 10.8 Å². The highest BCUT2D eigenvalue weighted by Crippen LogP contribution is 2.47. The van der Waals surface area contributed by atoms with Gasteiger partial charge in [0.05, 0.1) is 0 Å². The number of hydrogen-bond donors (Lipinski definition) is 1. The van der Waals surface area contributed by atoms with Crippen LogP contribution < -0.4 is 0 Å². The summed E-state index contributed by atoms with van der Waals surface area (Å²) in [5.74, 6) is -1.17. The van der Waals surface area contributed by atoms with Crippen LogP contribution in [0, 0.1) is 5.41 Å². The van der Waals surface area contributed by atoms with Crippen molar-refractivity contribution in [1.82, 2.24) is 4.90 Å². The average molecular weight is 426 g/mol. The van der Waals surface area contributed by atoms with Crippen LogP contribution in [0.3, 0.4) is 0 Å². The van der Waals surface area contributed by atoms with Crippen LogP contribution in [0.2, 0.25) is 0 Å². The van der Waals surface area contributed by atoms with Crippen LogP contribution >= 0.6 is 12.6 Å². The van der Waals surface area contributed by atoms with E-state index in [0.29, 0.717) is 32.2 Å². The van der Waals surface area contributed by atoms with Gasteiger partial charge in [0.2, 0.25) is 10.9 Å². The van der Waals surface area contributed by atoms with Crippen LogP contribution in [0.1, 0.15) is 64.9 Å². The number of carbonyl (C=O) groups is 3. The molecule has 0 spiro atoms. The third kappa shape index (κ3) is 3.68. The Hall–Kier alpha value is -2.14. The van der Waals surface area contributed by atoms with Crippen molar-refractivity contribution in [3.05, 3.63) is 48.0 Å². The third-order valence-electron chi connectivity index (χ3n) is 6.81. The van der Waals surface area contributed by atoms with E-state index >= 15 is 0 Å². The maximum absolute atomic E-state index is 13.3. The lowest BCUT2D eigenvalue weighted by molar-refractivity contribution is -0.153. The first-order valence-corrected chi connectivity index (χ1v) is 11.2. The van der Waals surface area contributed by atoms with Crippen molar-refractivity contribution < 1.29 is 14.4 Å². The minimum absolute atomic E-state index is 0.187. The number of nitrogens with zero attached hydrogens (tertiary/aromatic N) is 1. The molecule has 1 heterocycles. The number of fused-ring (bicyclic) bond motifs is 1. The second-order valence-electron chi connectivity index (χ2n) is 8.95. The molecule has 0 aliphatic carbocycles. The first-order valence-electron chi connectivity index (χ1n) is 10.8. The maximum atomic E-state index is 13.3. The van der Waals surface area contributed by atoms with Gasteiger partial charge in [-0.15, -0.1) is 12.6 Å². The highest BCUT2D eigenvalue weighted by molar-refractivity contribution is 7.96. The predicted molar refractivity (Wildman–Crippen MR) is 124 cm³/mol. The smallest absolute Gasteiger partial charge is 0.291 e. The Bertz CT molecular complexity index is 983. The molecule has 0 saturated carbocycles. The summed E-state index contributed by atoms with van der Waals surface area (Å²) in [7, 11) is 0. The zero-order valence-electron chi connectivity index (χ0n) is 18.3. The Labute approximate surface area is 184 Å². The quantitative estimate of drug-likeness (QED) is 0.493. The largest absolute Gasteiger partial charge is 0.322 e. The number of hydrogen-bond acceptors (Lipinski definition) is 3. The van der Waals surface area contributed by atoms with Gasteiger partial charge in [-0.1, -0.05) is 76.6 Å². The van der Waals surface area contributed by atoms with Gasteiger partial charge in [-0.05, 0) is 35.6 Å². The standard InChI is InChI=1S/C25H31NO3S/c1-5-14-25(23(29)30)20(19-12-11-17-9-7-8-10-18(17)16-19)13-15-26(25)22(28)21(27)24(3,4)6-2/h7-12,16,20H,5-6,13-15H2,1-4H3,(H,29,30)/t20?,25-/m0/s1. The summed E-state index contributed by atoms with van der Waals surface area (Å²) >= 11 is 4.27. The molecule has 3 rings (SSSR count). The molecule has 1 amide bonds. The van der Waals surface area contributed by atoms with E-state index in [4.69, 9.17) is 0 Å². The second-order valence-corrected chi connectivity index (χ2v) is 9.36. The summed E-state index contributed by atoms with van der Waals surface area (Å²) in [5, 5.41) is 1.89. The lowest BCUT2D eigenvalue weighted by atomic mass is 9.76. The third-order valence-corrected chi connectivity index (χ3v) is 7.20. The molecule has 1 aliphatic heterocycles. The van der Waals surface area contributed by atoms with Gasteiger partial charge in [0.15, 0.2) is 0 Å². The Morgan fingerprint density at radius 2 is 1.77 bits per heavy atom. The lowest BCUT2D eigenvalue weighted by Gasteiger charge is -2.40. The van der Waals surface area contributed by atoms with E-state index in [9.17, 15) is 14.4 Å². The topological polar surface area (TPSA) is 54.5 Å². The van der Waals surface area contributed by atoms with Crippen molar-refractivity contribution in [3.8, 4) is 0 Å². The Kier molecular flexibility index (Phi) is 6.42. The van der Waals surface area contributed by atoms with E-state index in [1.54, 1.807) is 13.8 Å². The molecule has 2 aromatic carbocycles. The highest BCUT2D eigenvalue weighted by atomic mass is 32.1. The Morgan fingerprint density at radius 3 is 2.37 bits per heavy atom. The number of Topliss-reactive ketones (excluding diaryl/α,β-unsaturated/α-hetero) is 1. The van der Waals surface area contributed by atoms with Gasteiger partial charge in [-0.25, -0.2) is 0 Å². The van der Waals surface area contributed by atoms with E-state index in [1.165, 1.54) is 4.90 Å². The average Bonchev–Trinajstić information content (AvgIpc) is 3.12. The molecule has 1 fully saturated rings. The molecule has 0 radical (unpaired) electrons. The molecule has 1 aliphatic rings. The SMILES string of the molecule is CCC[C@@]1(C(=O)S)C(c2ccc3ccccc3c2)CCN1C(=O)C(=O)C(C)(C)CC. The fourth-order valence-electron chi connectivity index (χ4n) is 4.67. The summed E-state index contributed by atoms with van der Waals surface area (Å²) in [6.45, 7) is 7.85. The number of rotatable bonds is 7. The molecule has 0 aromatic heterocycles. The fourth-order valence-corrected chi connectivity index (χ4v) is 5.06. The predicted octanol–water partition coefficient (Wildman–Crippen LogP) is 5.16. The molecule has 2 aromatic rings. The van der Waals surface area contributed by atoms with Crippen molar-refractivity contribution >= 4 is 40.2 Å².